The molecule has 0 aliphatic carbocycles. The molecule has 1 saturated heterocycles. The van der Waals surface area contributed by atoms with Gasteiger partial charge in [-0.05, 0) is 42.7 Å². The summed E-state index contributed by atoms with van der Waals surface area (Å²) in [6.07, 6.45) is 1.28. The zero-order valence-corrected chi connectivity index (χ0v) is 18.0. The lowest BCUT2D eigenvalue weighted by Gasteiger charge is -2.26. The van der Waals surface area contributed by atoms with Crippen LogP contribution < -0.4 is 10.9 Å². The first-order chi connectivity index (χ1) is 15.9. The van der Waals surface area contributed by atoms with Crippen molar-refractivity contribution in [3.63, 3.8) is 0 Å². The monoisotopic (exact) mass is 450 g/mol. The van der Waals surface area contributed by atoms with E-state index in [1.807, 2.05) is 6.07 Å². The van der Waals surface area contributed by atoms with E-state index in [0.717, 1.165) is 0 Å². The predicted molar refractivity (Wildman–Crippen MR) is 118 cm³/mol. The van der Waals surface area contributed by atoms with E-state index in [-0.39, 0.29) is 18.3 Å². The van der Waals surface area contributed by atoms with Crippen molar-refractivity contribution in [3.8, 4) is 5.75 Å². The minimum Gasteiger partial charge on any atom is -0.501 e. The van der Waals surface area contributed by atoms with Crippen molar-refractivity contribution in [1.82, 2.24) is 19.8 Å². The van der Waals surface area contributed by atoms with E-state index in [0.29, 0.717) is 30.5 Å². The second-order valence-corrected chi connectivity index (χ2v) is 7.86. The largest absolute Gasteiger partial charge is 0.501 e. The van der Waals surface area contributed by atoms with E-state index >= 15 is 0 Å². The standard InChI is InChI=1S/C24H23FN4O4/c1-28-21(18-8-5-13-29(18)23(32)16-6-3-2-4-7-16)27-19(20(30)24(28)33)22(31)26-14-15-9-11-17(25)12-10-15/h2-4,6-7,9-12,18,30H,5,8,13-14H2,1H3,(H,26,31). The first kappa shape index (κ1) is 22.2. The maximum Gasteiger partial charge on any atom is 0.296 e. The maximum atomic E-state index is 13.1. The Balaban J connectivity index is 1.62. The van der Waals surface area contributed by atoms with E-state index in [2.05, 4.69) is 10.3 Å². The number of nitrogens with zero attached hydrogens (tertiary/aromatic N) is 3. The van der Waals surface area contributed by atoms with Crippen LogP contribution in [-0.4, -0.2) is 37.9 Å². The summed E-state index contributed by atoms with van der Waals surface area (Å²) in [5, 5.41) is 12.9. The summed E-state index contributed by atoms with van der Waals surface area (Å²) in [5.41, 5.74) is -0.0191. The van der Waals surface area contributed by atoms with E-state index in [4.69, 9.17) is 0 Å². The number of halogens is 1. The Morgan fingerprint density at radius 1 is 1.15 bits per heavy atom. The van der Waals surface area contributed by atoms with Crippen molar-refractivity contribution in [2.24, 2.45) is 7.05 Å². The molecule has 3 aromatic rings. The van der Waals surface area contributed by atoms with Gasteiger partial charge in [-0.2, -0.15) is 0 Å². The third-order valence-electron chi connectivity index (χ3n) is 5.72. The smallest absolute Gasteiger partial charge is 0.296 e. The molecule has 8 nitrogen and oxygen atoms in total. The second kappa shape index (κ2) is 9.23. The molecule has 2 heterocycles. The van der Waals surface area contributed by atoms with Crippen LogP contribution in [0.4, 0.5) is 4.39 Å². The van der Waals surface area contributed by atoms with Gasteiger partial charge in [0.2, 0.25) is 5.75 Å². The number of carbonyl (C=O) groups excluding carboxylic acids is 2. The Morgan fingerprint density at radius 3 is 2.55 bits per heavy atom. The molecule has 0 radical (unpaired) electrons. The van der Waals surface area contributed by atoms with Gasteiger partial charge in [-0.25, -0.2) is 9.37 Å². The van der Waals surface area contributed by atoms with Crippen LogP contribution in [0.3, 0.4) is 0 Å². The Morgan fingerprint density at radius 2 is 1.85 bits per heavy atom. The van der Waals surface area contributed by atoms with Crippen LogP contribution in [0.15, 0.2) is 59.4 Å². The van der Waals surface area contributed by atoms with Crippen LogP contribution in [0.25, 0.3) is 0 Å². The Labute approximate surface area is 189 Å². The van der Waals surface area contributed by atoms with Gasteiger partial charge in [0.25, 0.3) is 17.4 Å². The first-order valence-corrected chi connectivity index (χ1v) is 10.6. The summed E-state index contributed by atoms with van der Waals surface area (Å²) >= 11 is 0. The minimum atomic E-state index is -0.772. The van der Waals surface area contributed by atoms with Gasteiger partial charge in [0.05, 0.1) is 6.04 Å². The molecule has 9 heteroatoms. The molecule has 2 amide bonds. The molecule has 0 bridgehead atoms. The highest BCUT2D eigenvalue weighted by atomic mass is 19.1. The van der Waals surface area contributed by atoms with E-state index in [1.54, 1.807) is 29.2 Å². The van der Waals surface area contributed by atoms with Crippen LogP contribution in [0.5, 0.6) is 5.75 Å². The van der Waals surface area contributed by atoms with Crippen molar-refractivity contribution >= 4 is 11.8 Å². The van der Waals surface area contributed by atoms with Crippen molar-refractivity contribution < 1.29 is 19.1 Å². The summed E-state index contributed by atoms with van der Waals surface area (Å²) < 4.78 is 14.3. The fourth-order valence-corrected chi connectivity index (χ4v) is 3.96. The van der Waals surface area contributed by atoms with Gasteiger partial charge in [-0.1, -0.05) is 30.3 Å². The number of likely N-dealkylation sites (tertiary alicyclic amines) is 1. The van der Waals surface area contributed by atoms with Gasteiger partial charge in [0.15, 0.2) is 5.69 Å². The van der Waals surface area contributed by atoms with Gasteiger partial charge < -0.3 is 15.3 Å². The van der Waals surface area contributed by atoms with Crippen LogP contribution in [0, 0.1) is 5.82 Å². The average molecular weight is 450 g/mol. The first-order valence-electron chi connectivity index (χ1n) is 10.6. The molecule has 1 aliphatic rings. The summed E-state index contributed by atoms with van der Waals surface area (Å²) in [4.78, 5) is 44.4. The van der Waals surface area contributed by atoms with Gasteiger partial charge in [-0.3, -0.25) is 19.0 Å². The van der Waals surface area contributed by atoms with Crippen LogP contribution in [-0.2, 0) is 13.6 Å². The zero-order valence-electron chi connectivity index (χ0n) is 18.0. The normalized spacial score (nSPS) is 15.5. The molecule has 1 fully saturated rings. The molecule has 0 spiro atoms. The quantitative estimate of drug-likeness (QED) is 0.622. The second-order valence-electron chi connectivity index (χ2n) is 7.86. The van der Waals surface area contributed by atoms with Crippen molar-refractivity contribution in [2.45, 2.75) is 25.4 Å². The molecule has 0 saturated carbocycles. The summed E-state index contributed by atoms with van der Waals surface area (Å²) in [6, 6.07) is 13.9. The number of nitrogens with one attached hydrogen (secondary N) is 1. The van der Waals surface area contributed by atoms with E-state index < -0.39 is 34.8 Å². The van der Waals surface area contributed by atoms with E-state index in [1.165, 1.54) is 35.9 Å². The lowest BCUT2D eigenvalue weighted by atomic mass is 10.1. The third kappa shape index (κ3) is 4.48. The number of aromatic nitrogens is 2. The highest BCUT2D eigenvalue weighted by Gasteiger charge is 2.34. The number of carbonyl (C=O) groups is 2. The zero-order chi connectivity index (χ0) is 23.5. The topological polar surface area (TPSA) is 105 Å². The van der Waals surface area contributed by atoms with Gasteiger partial charge in [-0.15, -0.1) is 0 Å². The fourth-order valence-electron chi connectivity index (χ4n) is 3.96. The predicted octanol–water partition coefficient (Wildman–Crippen LogP) is 2.53. The summed E-state index contributed by atoms with van der Waals surface area (Å²) in [6.45, 7) is 0.550. The SMILES string of the molecule is Cn1c(C2CCCN2C(=O)c2ccccc2)nc(C(=O)NCc2ccc(F)cc2)c(O)c1=O. The van der Waals surface area contributed by atoms with Crippen LogP contribution >= 0.6 is 0 Å². The molecule has 1 atom stereocenters. The molecule has 33 heavy (non-hydrogen) atoms. The number of amides is 2. The lowest BCUT2D eigenvalue weighted by Crippen LogP contribution is -2.36. The van der Waals surface area contributed by atoms with Crippen molar-refractivity contribution in [1.29, 1.82) is 0 Å². The van der Waals surface area contributed by atoms with Gasteiger partial charge in [0, 0.05) is 25.7 Å². The molecule has 4 rings (SSSR count). The van der Waals surface area contributed by atoms with Crippen molar-refractivity contribution in [2.75, 3.05) is 6.54 Å². The Kier molecular flexibility index (Phi) is 6.21. The third-order valence-corrected chi connectivity index (χ3v) is 5.72. The Hall–Kier alpha value is -4.01. The minimum absolute atomic E-state index is 0.0623. The number of rotatable bonds is 5. The molecule has 2 aromatic carbocycles. The molecular formula is C24H23FN4O4. The highest BCUT2D eigenvalue weighted by molar-refractivity contribution is 5.95. The van der Waals surface area contributed by atoms with Crippen molar-refractivity contribution in [3.05, 3.63) is 93.4 Å². The summed E-state index contributed by atoms with van der Waals surface area (Å²) in [7, 11) is 1.45. The number of hydrogen-bond donors (Lipinski definition) is 2. The number of hydrogen-bond acceptors (Lipinski definition) is 5. The number of aromatic hydroxyl groups is 1. The van der Waals surface area contributed by atoms with Crippen LogP contribution in [0.1, 0.15) is 51.1 Å². The molecule has 1 aromatic heterocycles. The van der Waals surface area contributed by atoms with Crippen LogP contribution in [0.2, 0.25) is 0 Å². The molecule has 2 N–H and O–H groups in total. The van der Waals surface area contributed by atoms with Gasteiger partial charge >= 0.3 is 0 Å². The summed E-state index contributed by atoms with van der Waals surface area (Å²) in [5.74, 6) is -1.87. The fraction of sp³-hybridized carbons (Fsp3) is 0.250. The molecule has 170 valence electrons. The average Bonchev–Trinajstić information content (AvgIpc) is 3.32. The lowest BCUT2D eigenvalue weighted by molar-refractivity contribution is 0.0727. The van der Waals surface area contributed by atoms with E-state index in [9.17, 15) is 23.9 Å². The Bertz CT molecular complexity index is 1240. The molecule has 1 aliphatic heterocycles. The van der Waals surface area contributed by atoms with Gasteiger partial charge in [0.1, 0.15) is 11.6 Å². The highest BCUT2D eigenvalue weighted by Crippen LogP contribution is 2.32. The molecular weight excluding hydrogens is 427 g/mol. The maximum absolute atomic E-state index is 13.1. The molecule has 1 unspecified atom stereocenters. The number of benzene rings is 2.